The van der Waals surface area contributed by atoms with Crippen LogP contribution in [-0.2, 0) is 33.2 Å². The number of amides is 1. The van der Waals surface area contributed by atoms with Crippen molar-refractivity contribution < 1.29 is 13.2 Å². The molecule has 2 aromatic rings. The lowest BCUT2D eigenvalue weighted by Crippen LogP contribution is -2.23. The topological polar surface area (TPSA) is 87.0 Å². The summed E-state index contributed by atoms with van der Waals surface area (Å²) in [6.45, 7) is 0. The maximum atomic E-state index is 12.2. The van der Waals surface area contributed by atoms with Crippen LogP contribution >= 0.6 is 11.3 Å². The third-order valence-electron chi connectivity index (χ3n) is 4.12. The largest absolute Gasteiger partial charge is 0.316 e. The Morgan fingerprint density at radius 1 is 1.20 bits per heavy atom. The van der Waals surface area contributed by atoms with Gasteiger partial charge in [-0.15, -0.1) is 11.3 Å². The fourth-order valence-electron chi connectivity index (χ4n) is 3.01. The first-order valence-electron chi connectivity index (χ1n) is 8.07. The molecule has 0 saturated heterocycles. The van der Waals surface area contributed by atoms with Crippen LogP contribution in [-0.4, -0.2) is 20.1 Å². The summed E-state index contributed by atoms with van der Waals surface area (Å²) in [7, 11) is -3.57. The second kappa shape index (κ2) is 7.38. The quantitative estimate of drug-likeness (QED) is 0.871. The standard InChI is InChI=1S/C18H18N2O3S2/c19-10-15-14-8-4-5-9-16(14)24-18(15)20-17(21)12-25(22,23)11-13-6-2-1-3-7-13/h1-3,6-7H,4-5,8-9,11-12H2,(H,20,21). The van der Waals surface area contributed by atoms with Gasteiger partial charge in [-0.1, -0.05) is 30.3 Å². The second-order valence-electron chi connectivity index (χ2n) is 6.09. The Kier molecular flexibility index (Phi) is 5.21. The van der Waals surface area contributed by atoms with Gasteiger partial charge in [0.05, 0.1) is 11.3 Å². The Bertz CT molecular complexity index is 925. The molecule has 7 heteroatoms. The minimum Gasteiger partial charge on any atom is -0.316 e. The van der Waals surface area contributed by atoms with E-state index in [4.69, 9.17) is 0 Å². The molecule has 0 aliphatic heterocycles. The second-order valence-corrected chi connectivity index (χ2v) is 9.26. The molecule has 3 rings (SSSR count). The Hall–Kier alpha value is -2.17. The van der Waals surface area contributed by atoms with E-state index >= 15 is 0 Å². The van der Waals surface area contributed by atoms with E-state index in [1.54, 1.807) is 24.3 Å². The van der Waals surface area contributed by atoms with E-state index in [0.717, 1.165) is 36.1 Å². The van der Waals surface area contributed by atoms with Gasteiger partial charge in [0.2, 0.25) is 5.91 Å². The molecule has 1 aromatic carbocycles. The van der Waals surface area contributed by atoms with Gasteiger partial charge in [0.1, 0.15) is 16.8 Å². The summed E-state index contributed by atoms with van der Waals surface area (Å²) < 4.78 is 24.5. The summed E-state index contributed by atoms with van der Waals surface area (Å²) in [6.07, 6.45) is 3.88. The van der Waals surface area contributed by atoms with E-state index in [9.17, 15) is 18.5 Å². The lowest BCUT2D eigenvalue weighted by Gasteiger charge is -2.09. The van der Waals surface area contributed by atoms with Crippen molar-refractivity contribution in [3.63, 3.8) is 0 Å². The normalized spacial score (nSPS) is 13.7. The number of carbonyl (C=O) groups excluding carboxylic acids is 1. The molecule has 25 heavy (non-hydrogen) atoms. The first-order chi connectivity index (χ1) is 12.0. The average molecular weight is 374 g/mol. The van der Waals surface area contributed by atoms with Crippen LogP contribution in [0.15, 0.2) is 30.3 Å². The fraction of sp³-hybridized carbons (Fsp3) is 0.333. The van der Waals surface area contributed by atoms with Gasteiger partial charge in [0.15, 0.2) is 9.84 Å². The molecular weight excluding hydrogens is 356 g/mol. The van der Waals surface area contributed by atoms with Crippen molar-refractivity contribution in [3.05, 3.63) is 51.9 Å². The number of hydrogen-bond acceptors (Lipinski definition) is 5. The molecule has 1 N–H and O–H groups in total. The van der Waals surface area contributed by atoms with Gasteiger partial charge in [-0.3, -0.25) is 4.79 Å². The molecule has 1 aliphatic carbocycles. The number of aryl methyl sites for hydroxylation is 1. The summed E-state index contributed by atoms with van der Waals surface area (Å²) in [5.41, 5.74) is 2.16. The molecule has 5 nitrogen and oxygen atoms in total. The van der Waals surface area contributed by atoms with Crippen molar-refractivity contribution in [3.8, 4) is 6.07 Å². The molecule has 1 amide bonds. The summed E-state index contributed by atoms with van der Waals surface area (Å²) in [5, 5.41) is 12.5. The molecule has 0 bridgehead atoms. The van der Waals surface area contributed by atoms with Gasteiger partial charge in [0.25, 0.3) is 0 Å². The van der Waals surface area contributed by atoms with E-state index in [-0.39, 0.29) is 5.75 Å². The van der Waals surface area contributed by atoms with E-state index in [1.807, 2.05) is 6.07 Å². The van der Waals surface area contributed by atoms with Gasteiger partial charge < -0.3 is 5.32 Å². The Balaban J connectivity index is 1.71. The average Bonchev–Trinajstić information content (AvgIpc) is 2.91. The fourth-order valence-corrected chi connectivity index (χ4v) is 5.54. The summed E-state index contributed by atoms with van der Waals surface area (Å²) >= 11 is 1.40. The molecule has 1 aliphatic rings. The van der Waals surface area contributed by atoms with Gasteiger partial charge in [-0.25, -0.2) is 8.42 Å². The molecular formula is C18H18N2O3S2. The number of hydrogen-bond donors (Lipinski definition) is 1. The van der Waals surface area contributed by atoms with Gasteiger partial charge >= 0.3 is 0 Å². The minimum absolute atomic E-state index is 0.173. The number of carbonyl (C=O) groups is 1. The van der Waals surface area contributed by atoms with Crippen LogP contribution in [0.4, 0.5) is 5.00 Å². The molecule has 0 fully saturated rings. The van der Waals surface area contributed by atoms with Crippen LogP contribution in [0, 0.1) is 11.3 Å². The molecule has 0 saturated carbocycles. The minimum atomic E-state index is -3.57. The van der Waals surface area contributed by atoms with E-state index in [1.165, 1.54) is 11.3 Å². The third-order valence-corrected chi connectivity index (χ3v) is 6.80. The molecule has 130 valence electrons. The van der Waals surface area contributed by atoms with Crippen molar-refractivity contribution >= 4 is 32.1 Å². The first kappa shape index (κ1) is 17.6. The molecule has 1 heterocycles. The zero-order valence-electron chi connectivity index (χ0n) is 13.6. The predicted octanol–water partition coefficient (Wildman–Crippen LogP) is 3.05. The van der Waals surface area contributed by atoms with Crippen LogP contribution in [0.2, 0.25) is 0 Å². The lowest BCUT2D eigenvalue weighted by molar-refractivity contribution is -0.113. The van der Waals surface area contributed by atoms with Crippen LogP contribution in [0.1, 0.15) is 34.4 Å². The Morgan fingerprint density at radius 2 is 1.92 bits per heavy atom. The van der Waals surface area contributed by atoms with E-state index in [0.29, 0.717) is 16.1 Å². The highest BCUT2D eigenvalue weighted by molar-refractivity contribution is 7.91. The van der Waals surface area contributed by atoms with Crippen LogP contribution in [0.25, 0.3) is 0 Å². The number of fused-ring (bicyclic) bond motifs is 1. The van der Waals surface area contributed by atoms with Crippen molar-refractivity contribution in [2.24, 2.45) is 0 Å². The predicted molar refractivity (Wildman–Crippen MR) is 98.2 cm³/mol. The number of nitriles is 1. The maximum Gasteiger partial charge on any atom is 0.240 e. The molecule has 0 atom stereocenters. The lowest BCUT2D eigenvalue weighted by atomic mass is 9.96. The van der Waals surface area contributed by atoms with Gasteiger partial charge in [-0.05, 0) is 36.8 Å². The van der Waals surface area contributed by atoms with Crippen molar-refractivity contribution in [1.82, 2.24) is 0 Å². The summed E-state index contributed by atoms with van der Waals surface area (Å²) in [4.78, 5) is 13.3. The van der Waals surface area contributed by atoms with Crippen LogP contribution in [0.3, 0.4) is 0 Å². The number of rotatable bonds is 5. The number of nitrogens with zero attached hydrogens (tertiary/aromatic N) is 1. The third kappa shape index (κ3) is 4.27. The molecule has 1 aromatic heterocycles. The Labute approximate surface area is 151 Å². The van der Waals surface area contributed by atoms with Crippen molar-refractivity contribution in [2.45, 2.75) is 31.4 Å². The highest BCUT2D eigenvalue weighted by Crippen LogP contribution is 2.37. The smallest absolute Gasteiger partial charge is 0.240 e. The van der Waals surface area contributed by atoms with E-state index in [2.05, 4.69) is 11.4 Å². The van der Waals surface area contributed by atoms with E-state index < -0.39 is 21.5 Å². The molecule has 0 unspecified atom stereocenters. The monoisotopic (exact) mass is 374 g/mol. The SMILES string of the molecule is N#Cc1c(NC(=O)CS(=O)(=O)Cc2ccccc2)sc2c1CCCC2. The first-order valence-corrected chi connectivity index (χ1v) is 10.7. The molecule has 0 spiro atoms. The summed E-state index contributed by atoms with van der Waals surface area (Å²) in [6, 6.07) is 10.9. The number of benzene rings is 1. The Morgan fingerprint density at radius 3 is 2.64 bits per heavy atom. The number of anilines is 1. The van der Waals surface area contributed by atoms with Crippen LogP contribution < -0.4 is 5.32 Å². The zero-order chi connectivity index (χ0) is 17.9. The maximum absolute atomic E-state index is 12.2. The highest BCUT2D eigenvalue weighted by atomic mass is 32.2. The number of thiophene rings is 1. The van der Waals surface area contributed by atoms with Gasteiger partial charge in [-0.2, -0.15) is 5.26 Å². The van der Waals surface area contributed by atoms with Crippen LogP contribution in [0.5, 0.6) is 0 Å². The molecule has 0 radical (unpaired) electrons. The number of nitrogens with one attached hydrogen (secondary N) is 1. The summed E-state index contributed by atoms with van der Waals surface area (Å²) in [5.74, 6) is -1.35. The highest BCUT2D eigenvalue weighted by Gasteiger charge is 2.23. The van der Waals surface area contributed by atoms with Crippen molar-refractivity contribution in [1.29, 1.82) is 5.26 Å². The van der Waals surface area contributed by atoms with Crippen molar-refractivity contribution in [2.75, 3.05) is 11.1 Å². The number of sulfone groups is 1. The van der Waals surface area contributed by atoms with Gasteiger partial charge in [0, 0.05) is 4.88 Å². The zero-order valence-corrected chi connectivity index (χ0v) is 15.3.